The first-order chi connectivity index (χ1) is 17.2. The predicted octanol–water partition coefficient (Wildman–Crippen LogP) is 5.94. The molecule has 4 nitrogen and oxygen atoms in total. The van der Waals surface area contributed by atoms with E-state index in [4.69, 9.17) is 14.2 Å². The quantitative estimate of drug-likeness (QED) is 0.344. The summed E-state index contributed by atoms with van der Waals surface area (Å²) in [4.78, 5) is 0. The molecule has 0 bridgehead atoms. The molecule has 1 aliphatic heterocycles. The van der Waals surface area contributed by atoms with Crippen molar-refractivity contribution in [1.82, 2.24) is 0 Å². The summed E-state index contributed by atoms with van der Waals surface area (Å²) in [7, 11) is 1.66. The number of ether oxygens (including phenoxy) is 3. The molecular weight excluding hydrogens is 436 g/mol. The van der Waals surface area contributed by atoms with Crippen LogP contribution in [0.1, 0.15) is 34.6 Å². The number of epoxide rings is 1. The summed E-state index contributed by atoms with van der Waals surface area (Å²) < 4.78 is 18.5. The zero-order chi connectivity index (χ0) is 23.9. The van der Waals surface area contributed by atoms with E-state index in [-0.39, 0.29) is 5.92 Å². The second kappa shape index (κ2) is 8.56. The number of rotatable bonds is 7. The number of aliphatic hydroxyl groups excluding tert-OH is 1. The lowest BCUT2D eigenvalue weighted by Crippen LogP contribution is -2.28. The molecule has 0 amide bonds. The van der Waals surface area contributed by atoms with Gasteiger partial charge in [-0.2, -0.15) is 0 Å². The fourth-order valence-electron chi connectivity index (χ4n) is 5.87. The molecule has 4 atom stereocenters. The van der Waals surface area contributed by atoms with Crippen LogP contribution in [0.15, 0.2) is 109 Å². The third kappa shape index (κ3) is 3.36. The van der Waals surface area contributed by atoms with Crippen LogP contribution in [-0.2, 0) is 22.5 Å². The third-order valence-electron chi connectivity index (χ3n) is 7.50. The topological polar surface area (TPSA) is 51.2 Å². The first kappa shape index (κ1) is 21.9. The second-order valence-electron chi connectivity index (χ2n) is 9.29. The van der Waals surface area contributed by atoms with Gasteiger partial charge in [0.05, 0.1) is 13.2 Å². The summed E-state index contributed by atoms with van der Waals surface area (Å²) in [6, 6.07) is 36.4. The number of fused-ring (bicyclic) bond motifs is 1. The molecule has 4 aromatic carbocycles. The minimum atomic E-state index is -0.893. The maximum atomic E-state index is 11.6. The lowest BCUT2D eigenvalue weighted by atomic mass is 9.77. The molecule has 1 saturated carbocycles. The fourth-order valence-corrected chi connectivity index (χ4v) is 5.87. The van der Waals surface area contributed by atoms with Gasteiger partial charge in [-0.25, -0.2) is 0 Å². The van der Waals surface area contributed by atoms with Gasteiger partial charge in [-0.3, -0.25) is 0 Å². The number of methoxy groups -OCH3 is 1. The van der Waals surface area contributed by atoms with Crippen LogP contribution in [-0.4, -0.2) is 18.3 Å². The fraction of sp³-hybridized carbons (Fsp3) is 0.226. The van der Waals surface area contributed by atoms with Crippen molar-refractivity contribution in [3.63, 3.8) is 0 Å². The van der Waals surface area contributed by atoms with Crippen LogP contribution in [0.2, 0.25) is 0 Å². The van der Waals surface area contributed by atoms with Crippen molar-refractivity contribution < 1.29 is 19.3 Å². The minimum Gasteiger partial charge on any atom is -0.497 e. The van der Waals surface area contributed by atoms with Crippen LogP contribution >= 0.6 is 0 Å². The van der Waals surface area contributed by atoms with Gasteiger partial charge in [-0.15, -0.1) is 0 Å². The number of aliphatic hydroxyl groups is 1. The third-order valence-corrected chi connectivity index (χ3v) is 7.50. The molecule has 1 N–H and O–H groups in total. The monoisotopic (exact) mass is 464 g/mol. The van der Waals surface area contributed by atoms with E-state index in [0.29, 0.717) is 13.0 Å². The van der Waals surface area contributed by atoms with Gasteiger partial charge in [0.25, 0.3) is 0 Å². The van der Waals surface area contributed by atoms with E-state index in [1.54, 1.807) is 7.11 Å². The van der Waals surface area contributed by atoms with Crippen molar-refractivity contribution >= 4 is 0 Å². The Morgan fingerprint density at radius 2 is 1.46 bits per heavy atom. The molecule has 2 fully saturated rings. The molecule has 35 heavy (non-hydrogen) atoms. The van der Waals surface area contributed by atoms with Crippen LogP contribution in [0.4, 0.5) is 0 Å². The van der Waals surface area contributed by atoms with Crippen molar-refractivity contribution in [3.8, 4) is 11.5 Å². The van der Waals surface area contributed by atoms with E-state index in [1.807, 2.05) is 84.9 Å². The van der Waals surface area contributed by atoms with Crippen LogP contribution < -0.4 is 9.47 Å². The standard InChI is InChI=1S/C31H28O4/c1-33-25-18-16-24(17-19-25)30-27(23-12-6-3-7-13-23)20-29(32)31(30,35-30)26-14-8-9-15-28(26)34-21-22-10-4-2-5-11-22/h2-19,27,29,32H,20-21H2,1H3/t27-,29-,30+,31-/m0/s1. The van der Waals surface area contributed by atoms with Crippen LogP contribution in [0.25, 0.3) is 0 Å². The van der Waals surface area contributed by atoms with Gasteiger partial charge in [-0.1, -0.05) is 91.0 Å². The van der Waals surface area contributed by atoms with Crippen molar-refractivity contribution in [2.24, 2.45) is 0 Å². The molecule has 1 heterocycles. The second-order valence-corrected chi connectivity index (χ2v) is 9.29. The Kier molecular flexibility index (Phi) is 5.36. The van der Waals surface area contributed by atoms with Gasteiger partial charge in [0.1, 0.15) is 23.7 Å². The molecule has 4 heteroatoms. The molecule has 0 unspecified atom stereocenters. The maximum absolute atomic E-state index is 11.6. The molecular formula is C31H28O4. The highest BCUT2D eigenvalue weighted by atomic mass is 16.6. The zero-order valence-electron chi connectivity index (χ0n) is 19.6. The normalized spacial score (nSPS) is 26.7. The van der Waals surface area contributed by atoms with Crippen molar-refractivity contribution in [2.45, 2.75) is 36.3 Å². The maximum Gasteiger partial charge on any atom is 0.157 e. The first-order valence-electron chi connectivity index (χ1n) is 12.0. The summed E-state index contributed by atoms with van der Waals surface area (Å²) in [6.07, 6.45) is -0.0837. The molecule has 4 aromatic rings. The summed E-state index contributed by atoms with van der Waals surface area (Å²) in [5, 5.41) is 11.6. The molecule has 1 saturated heterocycles. The molecule has 2 aliphatic rings. The molecule has 176 valence electrons. The number of hydrogen-bond donors (Lipinski definition) is 1. The van der Waals surface area contributed by atoms with Crippen molar-refractivity contribution in [1.29, 1.82) is 0 Å². The highest BCUT2D eigenvalue weighted by Gasteiger charge is 2.82. The summed E-state index contributed by atoms with van der Waals surface area (Å²) >= 11 is 0. The highest BCUT2D eigenvalue weighted by molar-refractivity contribution is 5.55. The van der Waals surface area contributed by atoms with Gasteiger partial charge < -0.3 is 19.3 Å². The molecule has 0 radical (unpaired) electrons. The number of hydrogen-bond acceptors (Lipinski definition) is 4. The summed E-state index contributed by atoms with van der Waals surface area (Å²) in [5.74, 6) is 1.52. The average Bonchev–Trinajstić information content (AvgIpc) is 3.57. The van der Waals surface area contributed by atoms with Crippen molar-refractivity contribution in [3.05, 3.63) is 131 Å². The van der Waals surface area contributed by atoms with E-state index < -0.39 is 17.3 Å². The van der Waals surface area contributed by atoms with Gasteiger partial charge in [-0.05, 0) is 41.3 Å². The van der Waals surface area contributed by atoms with Gasteiger partial charge in [0.2, 0.25) is 0 Å². The van der Waals surface area contributed by atoms with E-state index in [1.165, 1.54) is 0 Å². The number of benzene rings is 4. The van der Waals surface area contributed by atoms with Crippen molar-refractivity contribution in [2.75, 3.05) is 7.11 Å². The van der Waals surface area contributed by atoms with Gasteiger partial charge in [0.15, 0.2) is 5.60 Å². The van der Waals surface area contributed by atoms with E-state index in [9.17, 15) is 5.11 Å². The Hall–Kier alpha value is -3.60. The van der Waals surface area contributed by atoms with E-state index in [0.717, 1.165) is 33.8 Å². The SMILES string of the molecule is COc1ccc([C@]23O[C@@]2(c2ccccc2OCc2ccccc2)[C@@H](O)C[C@H]3c2ccccc2)cc1. The van der Waals surface area contributed by atoms with Gasteiger partial charge in [0, 0.05) is 11.5 Å². The Morgan fingerprint density at radius 1 is 0.800 bits per heavy atom. The molecule has 0 spiro atoms. The molecule has 6 rings (SSSR count). The van der Waals surface area contributed by atoms with Crippen LogP contribution in [0.5, 0.6) is 11.5 Å². The first-order valence-corrected chi connectivity index (χ1v) is 12.0. The highest BCUT2D eigenvalue weighted by Crippen LogP contribution is 2.76. The Balaban J connectivity index is 1.45. The summed E-state index contributed by atoms with van der Waals surface area (Å²) in [5.41, 5.74) is 2.57. The van der Waals surface area contributed by atoms with E-state index in [2.05, 4.69) is 24.3 Å². The predicted molar refractivity (Wildman–Crippen MR) is 134 cm³/mol. The average molecular weight is 465 g/mol. The van der Waals surface area contributed by atoms with Crippen LogP contribution in [0.3, 0.4) is 0 Å². The zero-order valence-corrected chi connectivity index (χ0v) is 19.6. The smallest absolute Gasteiger partial charge is 0.157 e. The Labute approximate surface area is 205 Å². The Bertz CT molecular complexity index is 1300. The summed E-state index contributed by atoms with van der Waals surface area (Å²) in [6.45, 7) is 0.446. The Morgan fingerprint density at radius 3 is 2.17 bits per heavy atom. The number of para-hydroxylation sites is 1. The van der Waals surface area contributed by atoms with E-state index >= 15 is 0 Å². The van der Waals surface area contributed by atoms with Gasteiger partial charge >= 0.3 is 0 Å². The lowest BCUT2D eigenvalue weighted by Gasteiger charge is -2.23. The molecule has 0 aromatic heterocycles. The largest absolute Gasteiger partial charge is 0.497 e. The minimum absolute atomic E-state index is 0.00530. The lowest BCUT2D eigenvalue weighted by molar-refractivity contribution is 0.0521. The molecule has 1 aliphatic carbocycles. The van der Waals surface area contributed by atoms with Crippen LogP contribution in [0, 0.1) is 0 Å².